The van der Waals surface area contributed by atoms with Crippen LogP contribution < -0.4 is 0 Å². The molecule has 0 bridgehead atoms. The summed E-state index contributed by atoms with van der Waals surface area (Å²) in [5.41, 5.74) is -0.442. The van der Waals surface area contributed by atoms with Crippen LogP contribution in [0.15, 0.2) is 12.2 Å². The van der Waals surface area contributed by atoms with Gasteiger partial charge in [0.2, 0.25) is 0 Å². The molecular weight excluding hydrogens is 204 g/mol. The fourth-order valence-corrected chi connectivity index (χ4v) is 3.29. The van der Waals surface area contributed by atoms with E-state index < -0.39 is 20.3 Å². The zero-order valence-corrected chi connectivity index (χ0v) is 9.86. The zero-order valence-electron chi connectivity index (χ0n) is 8.86. The molecule has 0 fully saturated rings. The fraction of sp³-hybridized carbons (Fsp3) is 0.625. The molecule has 0 aromatic heterocycles. The van der Waals surface area contributed by atoms with Crippen molar-refractivity contribution in [1.82, 2.24) is 0 Å². The Morgan fingerprint density at radius 2 is 1.64 bits per heavy atom. The molecule has 0 spiro atoms. The molecule has 0 aliphatic rings. The lowest BCUT2D eigenvalue weighted by Crippen LogP contribution is -2.48. The van der Waals surface area contributed by atoms with Gasteiger partial charge in [-0.3, -0.25) is 0 Å². The minimum atomic E-state index is -2.93. The first-order chi connectivity index (χ1) is 6.45. The van der Waals surface area contributed by atoms with Gasteiger partial charge in [-0.15, -0.1) is 0 Å². The smallest absolute Gasteiger partial charge is 0.478 e. The molecule has 0 amide bonds. The van der Waals surface area contributed by atoms with E-state index in [-0.39, 0.29) is 5.57 Å². The lowest BCUT2D eigenvalue weighted by atomic mass is 10.2. The first kappa shape index (κ1) is 13.3. The monoisotopic (exact) mass is 220 g/mol. The predicted molar refractivity (Wildman–Crippen MR) is 53.0 cm³/mol. The lowest BCUT2D eigenvalue weighted by Gasteiger charge is -2.29. The summed E-state index contributed by atoms with van der Waals surface area (Å²) in [7, 11) is 1.38. The molecule has 0 aromatic rings. The van der Waals surface area contributed by atoms with Gasteiger partial charge in [-0.2, -0.15) is 0 Å². The molecule has 0 rings (SSSR count). The van der Waals surface area contributed by atoms with E-state index in [9.17, 15) is 4.79 Å². The fourth-order valence-electron chi connectivity index (χ4n) is 1.18. The maximum Gasteiger partial charge on any atom is 0.507 e. The summed E-state index contributed by atoms with van der Waals surface area (Å²) in [5.74, 6) is -1.07. The van der Waals surface area contributed by atoms with E-state index in [4.69, 9.17) is 18.4 Å². The Balaban J connectivity index is 4.84. The van der Waals surface area contributed by atoms with E-state index in [2.05, 4.69) is 6.58 Å². The van der Waals surface area contributed by atoms with Crippen LogP contribution in [0.3, 0.4) is 0 Å². The standard InChI is InChI=1S/C8H16O5Si/c1-6(8(9)10)7(2)14(11-3,12-4)13-5/h7H,1H2,2-5H3,(H,9,10). The second-order valence-corrected chi connectivity index (χ2v) is 6.07. The van der Waals surface area contributed by atoms with Crippen LogP contribution in [0.1, 0.15) is 6.92 Å². The van der Waals surface area contributed by atoms with Crippen LogP contribution in [-0.2, 0) is 18.1 Å². The predicted octanol–water partition coefficient (Wildman–Crippen LogP) is 0.895. The van der Waals surface area contributed by atoms with Crippen molar-refractivity contribution in [2.45, 2.75) is 12.5 Å². The van der Waals surface area contributed by atoms with Crippen molar-refractivity contribution in [2.24, 2.45) is 0 Å². The maximum atomic E-state index is 10.7. The SMILES string of the molecule is C=C(C(=O)O)C(C)[Si](OC)(OC)OC. The number of hydrogen-bond donors (Lipinski definition) is 1. The van der Waals surface area contributed by atoms with Gasteiger partial charge in [0.1, 0.15) is 0 Å². The quantitative estimate of drug-likeness (QED) is 0.532. The van der Waals surface area contributed by atoms with Crippen molar-refractivity contribution in [3.05, 3.63) is 12.2 Å². The minimum Gasteiger partial charge on any atom is -0.478 e. The van der Waals surface area contributed by atoms with Crippen LogP contribution in [-0.4, -0.2) is 41.2 Å². The van der Waals surface area contributed by atoms with Gasteiger partial charge in [0, 0.05) is 26.9 Å². The summed E-state index contributed by atoms with van der Waals surface area (Å²) in [5, 5.41) is 8.76. The summed E-state index contributed by atoms with van der Waals surface area (Å²) in [6.45, 7) is 5.12. The van der Waals surface area contributed by atoms with Gasteiger partial charge in [0.25, 0.3) is 0 Å². The van der Waals surface area contributed by atoms with Crippen molar-refractivity contribution >= 4 is 14.8 Å². The largest absolute Gasteiger partial charge is 0.507 e. The van der Waals surface area contributed by atoms with Gasteiger partial charge in [-0.1, -0.05) is 13.5 Å². The molecule has 0 saturated carbocycles. The van der Waals surface area contributed by atoms with Crippen LogP contribution in [0.2, 0.25) is 5.54 Å². The molecule has 1 N–H and O–H groups in total. The highest BCUT2D eigenvalue weighted by molar-refractivity contribution is 6.63. The molecule has 82 valence electrons. The molecule has 0 heterocycles. The van der Waals surface area contributed by atoms with Crippen LogP contribution in [0, 0.1) is 0 Å². The van der Waals surface area contributed by atoms with Gasteiger partial charge < -0.3 is 18.4 Å². The molecular formula is C8H16O5Si. The number of carboxylic acids is 1. The summed E-state index contributed by atoms with van der Waals surface area (Å²) >= 11 is 0. The Morgan fingerprint density at radius 3 is 1.86 bits per heavy atom. The van der Waals surface area contributed by atoms with Crippen LogP contribution in [0.5, 0.6) is 0 Å². The molecule has 1 unspecified atom stereocenters. The number of carbonyl (C=O) groups is 1. The van der Waals surface area contributed by atoms with E-state index in [1.807, 2.05) is 0 Å². The molecule has 0 aliphatic carbocycles. The van der Waals surface area contributed by atoms with Gasteiger partial charge in [0.15, 0.2) is 0 Å². The van der Waals surface area contributed by atoms with E-state index in [0.29, 0.717) is 0 Å². The molecule has 6 heteroatoms. The Kier molecular flexibility index (Phi) is 4.99. The van der Waals surface area contributed by atoms with E-state index >= 15 is 0 Å². The van der Waals surface area contributed by atoms with Gasteiger partial charge in [-0.05, 0) is 0 Å². The Labute approximate surface area is 84.7 Å². The van der Waals surface area contributed by atoms with E-state index in [1.54, 1.807) is 6.92 Å². The molecule has 0 radical (unpaired) electrons. The highest BCUT2D eigenvalue weighted by Crippen LogP contribution is 2.29. The molecule has 5 nitrogen and oxygen atoms in total. The third kappa shape index (κ3) is 2.41. The van der Waals surface area contributed by atoms with Gasteiger partial charge in [-0.25, -0.2) is 4.79 Å². The van der Waals surface area contributed by atoms with Crippen molar-refractivity contribution in [2.75, 3.05) is 21.3 Å². The second kappa shape index (κ2) is 5.25. The third-order valence-corrected chi connectivity index (χ3v) is 5.30. The number of rotatable bonds is 6. The van der Waals surface area contributed by atoms with Crippen molar-refractivity contribution in [1.29, 1.82) is 0 Å². The minimum absolute atomic E-state index is 0.0298. The summed E-state index contributed by atoms with van der Waals surface area (Å²) < 4.78 is 15.4. The normalized spacial score (nSPS) is 13.7. The van der Waals surface area contributed by atoms with E-state index in [0.717, 1.165) is 0 Å². The zero-order chi connectivity index (χ0) is 11.4. The average Bonchev–Trinajstić information content (AvgIpc) is 2.19. The Morgan fingerprint density at radius 1 is 1.29 bits per heavy atom. The van der Waals surface area contributed by atoms with Crippen molar-refractivity contribution < 1.29 is 23.2 Å². The Hall–Kier alpha value is -0.693. The topological polar surface area (TPSA) is 65.0 Å². The summed E-state index contributed by atoms with van der Waals surface area (Å²) in [4.78, 5) is 10.7. The first-order valence-electron chi connectivity index (χ1n) is 4.02. The maximum absolute atomic E-state index is 10.7. The average molecular weight is 220 g/mol. The number of carboxylic acid groups (broad SMARTS) is 1. The molecule has 0 aromatic carbocycles. The van der Waals surface area contributed by atoms with Gasteiger partial charge >= 0.3 is 14.8 Å². The first-order valence-corrected chi connectivity index (χ1v) is 5.83. The number of aliphatic carboxylic acids is 1. The third-order valence-electron chi connectivity index (χ3n) is 2.18. The van der Waals surface area contributed by atoms with Crippen LogP contribution >= 0.6 is 0 Å². The van der Waals surface area contributed by atoms with Gasteiger partial charge in [0.05, 0.1) is 5.54 Å². The molecule has 0 saturated heterocycles. The highest BCUT2D eigenvalue weighted by atomic mass is 28.4. The van der Waals surface area contributed by atoms with Crippen LogP contribution in [0.25, 0.3) is 0 Å². The molecule has 14 heavy (non-hydrogen) atoms. The molecule has 0 aliphatic heterocycles. The Bertz CT molecular complexity index is 216. The van der Waals surface area contributed by atoms with Crippen molar-refractivity contribution in [3.8, 4) is 0 Å². The van der Waals surface area contributed by atoms with Crippen LogP contribution in [0.4, 0.5) is 0 Å². The summed E-state index contributed by atoms with van der Waals surface area (Å²) in [6.07, 6.45) is 0. The van der Waals surface area contributed by atoms with Crippen molar-refractivity contribution in [3.63, 3.8) is 0 Å². The van der Waals surface area contributed by atoms with E-state index in [1.165, 1.54) is 21.3 Å². The second-order valence-electron chi connectivity index (χ2n) is 2.77. The highest BCUT2D eigenvalue weighted by Gasteiger charge is 2.47. The summed E-state index contributed by atoms with van der Waals surface area (Å²) in [6, 6.07) is 0. The lowest BCUT2D eigenvalue weighted by molar-refractivity contribution is -0.132. The number of hydrogen-bond acceptors (Lipinski definition) is 4. The molecule has 1 atom stereocenters.